The van der Waals surface area contributed by atoms with Gasteiger partial charge >= 0.3 is 0 Å². The van der Waals surface area contributed by atoms with Crippen molar-refractivity contribution in [1.29, 1.82) is 0 Å². The second-order valence-electron chi connectivity index (χ2n) is 4.84. The van der Waals surface area contributed by atoms with Crippen molar-refractivity contribution in [3.8, 4) is 0 Å². The first-order valence-electron chi connectivity index (χ1n) is 6.73. The summed E-state index contributed by atoms with van der Waals surface area (Å²) >= 11 is 1.84. The van der Waals surface area contributed by atoms with Gasteiger partial charge in [-0.2, -0.15) is 0 Å². The maximum Gasteiger partial charge on any atom is 0.223 e. The Labute approximate surface area is 115 Å². The number of aliphatic imine (C=N–C) groups is 1. The molecular weight excluding hydrogens is 246 g/mol. The molecule has 1 aliphatic heterocycles. The molecule has 1 aliphatic rings. The summed E-state index contributed by atoms with van der Waals surface area (Å²) in [4.78, 5) is 17.6. The fourth-order valence-corrected chi connectivity index (χ4v) is 3.40. The van der Waals surface area contributed by atoms with Gasteiger partial charge in [0.2, 0.25) is 5.91 Å². The van der Waals surface area contributed by atoms with Crippen molar-refractivity contribution in [2.24, 2.45) is 10.9 Å². The van der Waals surface area contributed by atoms with Gasteiger partial charge in [-0.05, 0) is 5.92 Å². The van der Waals surface area contributed by atoms with Gasteiger partial charge in [-0.15, -0.1) is 0 Å². The van der Waals surface area contributed by atoms with Gasteiger partial charge in [0, 0.05) is 32.3 Å². The SMILES string of the molecule is CCC(CC)C1CN=C(NCCC(=O)N(C)C)S1. The van der Waals surface area contributed by atoms with Crippen LogP contribution in [0.4, 0.5) is 0 Å². The van der Waals surface area contributed by atoms with Crippen molar-refractivity contribution in [2.45, 2.75) is 38.4 Å². The molecule has 18 heavy (non-hydrogen) atoms. The Bertz CT molecular complexity index is 301. The molecule has 104 valence electrons. The van der Waals surface area contributed by atoms with Crippen molar-refractivity contribution in [2.75, 3.05) is 27.2 Å². The molecule has 1 unspecified atom stereocenters. The molecule has 1 N–H and O–H groups in total. The second-order valence-corrected chi connectivity index (χ2v) is 6.07. The molecule has 0 saturated heterocycles. The Kier molecular flexibility index (Phi) is 6.54. The third-order valence-electron chi connectivity index (χ3n) is 3.37. The van der Waals surface area contributed by atoms with E-state index in [0.717, 1.165) is 17.6 Å². The van der Waals surface area contributed by atoms with Crippen LogP contribution < -0.4 is 5.32 Å². The molecule has 0 saturated carbocycles. The number of hydrogen-bond donors (Lipinski definition) is 1. The predicted octanol–water partition coefficient (Wildman–Crippen LogP) is 1.96. The maximum absolute atomic E-state index is 11.4. The molecule has 0 aromatic rings. The number of nitrogens with zero attached hydrogens (tertiary/aromatic N) is 2. The summed E-state index contributed by atoms with van der Waals surface area (Å²) in [6.45, 7) is 6.09. The summed E-state index contributed by atoms with van der Waals surface area (Å²) in [5, 5.41) is 4.90. The van der Waals surface area contributed by atoms with Crippen LogP contribution >= 0.6 is 11.8 Å². The van der Waals surface area contributed by atoms with Gasteiger partial charge in [0.1, 0.15) is 0 Å². The average molecular weight is 271 g/mol. The number of carbonyl (C=O) groups excluding carboxylic acids is 1. The molecule has 1 amide bonds. The first-order chi connectivity index (χ1) is 8.58. The zero-order chi connectivity index (χ0) is 13.5. The standard InChI is InChI=1S/C13H25N3OS/c1-5-10(6-2)11-9-15-13(18-11)14-8-7-12(17)16(3)4/h10-11H,5-9H2,1-4H3,(H,14,15). The molecule has 0 bridgehead atoms. The van der Waals surface area contributed by atoms with Gasteiger partial charge in [-0.3, -0.25) is 9.79 Å². The van der Waals surface area contributed by atoms with Gasteiger partial charge < -0.3 is 10.2 Å². The minimum Gasteiger partial charge on any atom is -0.364 e. The summed E-state index contributed by atoms with van der Waals surface area (Å²) in [6.07, 6.45) is 2.97. The van der Waals surface area contributed by atoms with Gasteiger partial charge in [0.15, 0.2) is 5.17 Å². The van der Waals surface area contributed by atoms with E-state index in [9.17, 15) is 4.79 Å². The van der Waals surface area contributed by atoms with E-state index in [1.54, 1.807) is 19.0 Å². The summed E-state index contributed by atoms with van der Waals surface area (Å²) in [6, 6.07) is 0. The average Bonchev–Trinajstić information content (AvgIpc) is 2.79. The molecule has 0 fully saturated rings. The van der Waals surface area contributed by atoms with Crippen LogP contribution in [0.3, 0.4) is 0 Å². The largest absolute Gasteiger partial charge is 0.364 e. The zero-order valence-electron chi connectivity index (χ0n) is 11.9. The Morgan fingerprint density at radius 3 is 2.72 bits per heavy atom. The molecule has 1 rings (SSSR count). The molecule has 1 atom stereocenters. The number of hydrogen-bond acceptors (Lipinski definition) is 4. The molecule has 5 heteroatoms. The van der Waals surface area contributed by atoms with E-state index < -0.39 is 0 Å². The van der Waals surface area contributed by atoms with Crippen LogP contribution in [0.2, 0.25) is 0 Å². The molecular formula is C13H25N3OS. The van der Waals surface area contributed by atoms with E-state index >= 15 is 0 Å². The minimum atomic E-state index is 0.155. The van der Waals surface area contributed by atoms with Crippen molar-refractivity contribution < 1.29 is 4.79 Å². The Morgan fingerprint density at radius 2 is 2.17 bits per heavy atom. The van der Waals surface area contributed by atoms with Crippen LogP contribution in [0, 0.1) is 5.92 Å². The lowest BCUT2D eigenvalue weighted by atomic mass is 9.99. The topological polar surface area (TPSA) is 44.7 Å². The number of rotatable bonds is 6. The first kappa shape index (κ1) is 15.3. The van der Waals surface area contributed by atoms with Gasteiger partial charge in [-0.25, -0.2) is 0 Å². The number of amidine groups is 1. The smallest absolute Gasteiger partial charge is 0.223 e. The molecule has 0 aliphatic carbocycles. The van der Waals surface area contributed by atoms with Gasteiger partial charge in [-0.1, -0.05) is 38.5 Å². The highest BCUT2D eigenvalue weighted by molar-refractivity contribution is 8.14. The fraction of sp³-hybridized carbons (Fsp3) is 0.846. The van der Waals surface area contributed by atoms with Crippen LogP contribution in [0.15, 0.2) is 4.99 Å². The predicted molar refractivity (Wildman–Crippen MR) is 79.1 cm³/mol. The van der Waals surface area contributed by atoms with Crippen LogP contribution in [0.5, 0.6) is 0 Å². The van der Waals surface area contributed by atoms with Crippen LogP contribution in [-0.4, -0.2) is 48.4 Å². The van der Waals surface area contributed by atoms with E-state index in [4.69, 9.17) is 0 Å². The normalized spacial score (nSPS) is 18.9. The van der Waals surface area contributed by atoms with E-state index in [0.29, 0.717) is 18.2 Å². The van der Waals surface area contributed by atoms with Crippen molar-refractivity contribution in [1.82, 2.24) is 10.2 Å². The third kappa shape index (κ3) is 4.52. The Hall–Kier alpha value is -0.710. The zero-order valence-corrected chi connectivity index (χ0v) is 12.7. The lowest BCUT2D eigenvalue weighted by molar-refractivity contribution is -0.128. The third-order valence-corrected chi connectivity index (χ3v) is 4.70. The van der Waals surface area contributed by atoms with E-state index in [1.807, 2.05) is 11.8 Å². The number of thioether (sulfide) groups is 1. The summed E-state index contributed by atoms with van der Waals surface area (Å²) < 4.78 is 0. The maximum atomic E-state index is 11.4. The van der Waals surface area contributed by atoms with Crippen molar-refractivity contribution in [3.63, 3.8) is 0 Å². The molecule has 0 aromatic heterocycles. The van der Waals surface area contributed by atoms with Gasteiger partial charge in [0.25, 0.3) is 0 Å². The van der Waals surface area contributed by atoms with Crippen LogP contribution in [0.1, 0.15) is 33.1 Å². The fourth-order valence-electron chi connectivity index (χ4n) is 2.05. The highest BCUT2D eigenvalue weighted by atomic mass is 32.2. The monoisotopic (exact) mass is 271 g/mol. The second kappa shape index (κ2) is 7.67. The van der Waals surface area contributed by atoms with Crippen molar-refractivity contribution >= 4 is 22.8 Å². The highest BCUT2D eigenvalue weighted by Crippen LogP contribution is 2.30. The first-order valence-corrected chi connectivity index (χ1v) is 7.61. The minimum absolute atomic E-state index is 0.155. The molecule has 0 aromatic carbocycles. The Morgan fingerprint density at radius 1 is 1.50 bits per heavy atom. The lowest BCUT2D eigenvalue weighted by Gasteiger charge is -2.18. The number of amides is 1. The van der Waals surface area contributed by atoms with Crippen LogP contribution in [0.25, 0.3) is 0 Å². The number of nitrogens with one attached hydrogen (secondary N) is 1. The van der Waals surface area contributed by atoms with E-state index in [-0.39, 0.29) is 5.91 Å². The van der Waals surface area contributed by atoms with E-state index in [1.165, 1.54) is 12.8 Å². The van der Waals surface area contributed by atoms with Crippen molar-refractivity contribution in [3.05, 3.63) is 0 Å². The highest BCUT2D eigenvalue weighted by Gasteiger charge is 2.25. The Balaban J connectivity index is 2.24. The molecule has 1 heterocycles. The quantitative estimate of drug-likeness (QED) is 0.803. The summed E-state index contributed by atoms with van der Waals surface area (Å²) in [5.74, 6) is 0.907. The molecule has 0 radical (unpaired) electrons. The molecule has 4 nitrogen and oxygen atoms in total. The van der Waals surface area contributed by atoms with E-state index in [2.05, 4.69) is 24.2 Å². The number of carbonyl (C=O) groups is 1. The molecule has 0 spiro atoms. The summed E-state index contributed by atoms with van der Waals surface area (Å²) in [5.41, 5.74) is 0. The lowest BCUT2D eigenvalue weighted by Crippen LogP contribution is -2.28. The van der Waals surface area contributed by atoms with Gasteiger partial charge in [0.05, 0.1) is 6.54 Å². The summed E-state index contributed by atoms with van der Waals surface area (Å²) in [7, 11) is 3.57. The van der Waals surface area contributed by atoms with Crippen LogP contribution in [-0.2, 0) is 4.79 Å².